The lowest BCUT2D eigenvalue weighted by Gasteiger charge is -2.09. The van der Waals surface area contributed by atoms with Gasteiger partial charge in [-0.15, -0.1) is 10.2 Å². The van der Waals surface area contributed by atoms with Crippen molar-refractivity contribution in [3.8, 4) is 0 Å². The molecule has 1 aromatic carbocycles. The van der Waals surface area contributed by atoms with Gasteiger partial charge in [-0.05, 0) is 24.1 Å². The number of fused-ring (bicyclic) bond motifs is 1. The molecule has 6 heteroatoms. The monoisotopic (exact) mass is 255 g/mol. The first-order valence-electron chi connectivity index (χ1n) is 6.12. The third-order valence-corrected chi connectivity index (χ3v) is 3.15. The van der Waals surface area contributed by atoms with E-state index in [1.807, 2.05) is 22.8 Å². The summed E-state index contributed by atoms with van der Waals surface area (Å²) in [7, 11) is 0. The Morgan fingerprint density at radius 1 is 1.32 bits per heavy atom. The van der Waals surface area contributed by atoms with Crippen LogP contribution in [0.3, 0.4) is 0 Å². The van der Waals surface area contributed by atoms with Crippen LogP contribution in [0, 0.1) is 0 Å². The summed E-state index contributed by atoms with van der Waals surface area (Å²) in [6.45, 7) is 2.56. The second kappa shape index (κ2) is 4.64. The minimum atomic E-state index is 0.0367. The van der Waals surface area contributed by atoms with Crippen LogP contribution in [0.2, 0.25) is 0 Å². The molecule has 6 nitrogen and oxygen atoms in total. The lowest BCUT2D eigenvalue weighted by Crippen LogP contribution is -2.10. The molecular weight excluding hydrogens is 242 g/mol. The van der Waals surface area contributed by atoms with Crippen molar-refractivity contribution in [1.82, 2.24) is 25.2 Å². The van der Waals surface area contributed by atoms with Crippen LogP contribution >= 0.6 is 0 Å². The van der Waals surface area contributed by atoms with Gasteiger partial charge in [0, 0.05) is 17.6 Å². The van der Waals surface area contributed by atoms with E-state index in [0.29, 0.717) is 12.4 Å². The maximum Gasteiger partial charge on any atom is 0.194 e. The van der Waals surface area contributed by atoms with E-state index in [9.17, 15) is 4.79 Å². The number of tetrazole rings is 1. The first-order chi connectivity index (χ1) is 9.28. The summed E-state index contributed by atoms with van der Waals surface area (Å²) in [5.41, 5.74) is 2.08. The molecule has 3 rings (SSSR count). The van der Waals surface area contributed by atoms with Gasteiger partial charge >= 0.3 is 0 Å². The van der Waals surface area contributed by atoms with Gasteiger partial charge in [0.1, 0.15) is 0 Å². The minimum Gasteiger partial charge on any atom is -0.339 e. The molecule has 0 atom stereocenters. The third kappa shape index (κ3) is 2.12. The summed E-state index contributed by atoms with van der Waals surface area (Å²) >= 11 is 0. The van der Waals surface area contributed by atoms with Gasteiger partial charge in [0.05, 0.1) is 12.1 Å². The molecular formula is C13H13N5O. The van der Waals surface area contributed by atoms with E-state index in [1.54, 1.807) is 12.3 Å². The van der Waals surface area contributed by atoms with Gasteiger partial charge in [-0.3, -0.25) is 4.79 Å². The molecule has 0 radical (unpaired) electrons. The molecule has 0 spiro atoms. The number of hydrogen-bond donors (Lipinski definition) is 1. The topological polar surface area (TPSA) is 76.5 Å². The predicted octanol–water partition coefficient (Wildman–Crippen LogP) is 1.13. The number of benzene rings is 1. The highest BCUT2D eigenvalue weighted by molar-refractivity contribution is 5.79. The molecule has 0 aliphatic rings. The average Bonchev–Trinajstić information content (AvgIpc) is 2.94. The second-order valence-corrected chi connectivity index (χ2v) is 4.34. The summed E-state index contributed by atoms with van der Waals surface area (Å²) < 4.78 is 1.95. The van der Waals surface area contributed by atoms with Crippen LogP contribution in [0.1, 0.15) is 18.3 Å². The number of nitrogens with zero attached hydrogens (tertiary/aromatic N) is 4. The summed E-state index contributed by atoms with van der Waals surface area (Å²) in [6.07, 6.45) is 2.67. The number of aromatic nitrogens is 5. The van der Waals surface area contributed by atoms with Crippen molar-refractivity contribution in [1.29, 1.82) is 0 Å². The minimum absolute atomic E-state index is 0.0367. The van der Waals surface area contributed by atoms with Crippen molar-refractivity contribution < 1.29 is 0 Å². The van der Waals surface area contributed by atoms with Crippen LogP contribution in [-0.2, 0) is 13.0 Å². The normalized spacial score (nSPS) is 11.0. The fourth-order valence-electron chi connectivity index (χ4n) is 2.12. The second-order valence-electron chi connectivity index (χ2n) is 4.34. The Morgan fingerprint density at radius 3 is 2.95 bits per heavy atom. The standard InChI is InChI=1S/C13H13N5O/c1-2-9-3-4-11-10(7-9)12(19)5-6-18(11)8-13-14-16-17-15-13/h3-7H,2,8H2,1H3,(H,14,15,16,17). The number of nitrogens with one attached hydrogen (secondary N) is 1. The quantitative estimate of drug-likeness (QED) is 0.761. The Balaban J connectivity index is 2.15. The third-order valence-electron chi connectivity index (χ3n) is 3.15. The Kier molecular flexibility index (Phi) is 2.83. The maximum atomic E-state index is 11.9. The Morgan fingerprint density at radius 2 is 2.21 bits per heavy atom. The number of H-pyrrole nitrogens is 1. The van der Waals surface area contributed by atoms with Gasteiger partial charge < -0.3 is 4.57 Å². The molecule has 0 aliphatic heterocycles. The molecule has 0 saturated heterocycles. The van der Waals surface area contributed by atoms with E-state index < -0.39 is 0 Å². The fourth-order valence-corrected chi connectivity index (χ4v) is 2.12. The highest BCUT2D eigenvalue weighted by Gasteiger charge is 2.06. The molecule has 1 N–H and O–H groups in total. The van der Waals surface area contributed by atoms with E-state index in [0.717, 1.165) is 22.9 Å². The summed E-state index contributed by atoms with van der Waals surface area (Å²) in [5.74, 6) is 0.588. The first kappa shape index (κ1) is 11.6. The van der Waals surface area contributed by atoms with Gasteiger partial charge in [0.15, 0.2) is 11.3 Å². The molecule has 0 amide bonds. The van der Waals surface area contributed by atoms with Crippen molar-refractivity contribution in [2.75, 3.05) is 0 Å². The van der Waals surface area contributed by atoms with Crippen molar-refractivity contribution in [3.63, 3.8) is 0 Å². The smallest absolute Gasteiger partial charge is 0.194 e. The molecule has 0 fully saturated rings. The van der Waals surface area contributed by atoms with Crippen LogP contribution in [0.15, 0.2) is 35.3 Å². The molecule has 0 aliphatic carbocycles. The van der Waals surface area contributed by atoms with Crippen molar-refractivity contribution in [2.24, 2.45) is 0 Å². The largest absolute Gasteiger partial charge is 0.339 e. The van der Waals surface area contributed by atoms with Gasteiger partial charge in [0.25, 0.3) is 0 Å². The molecule has 0 saturated carbocycles. The predicted molar refractivity (Wildman–Crippen MR) is 70.9 cm³/mol. The molecule has 2 aromatic heterocycles. The summed E-state index contributed by atoms with van der Waals surface area (Å²) in [4.78, 5) is 11.9. The molecule has 2 heterocycles. The number of hydrogen-bond acceptors (Lipinski definition) is 4. The van der Waals surface area contributed by atoms with Crippen molar-refractivity contribution in [3.05, 3.63) is 52.1 Å². The zero-order valence-corrected chi connectivity index (χ0v) is 10.5. The highest BCUT2D eigenvalue weighted by Crippen LogP contribution is 2.14. The molecule has 0 unspecified atom stereocenters. The van der Waals surface area contributed by atoms with E-state index in [2.05, 4.69) is 27.5 Å². The Bertz CT molecular complexity index is 760. The maximum absolute atomic E-state index is 11.9. The molecule has 19 heavy (non-hydrogen) atoms. The lowest BCUT2D eigenvalue weighted by atomic mass is 10.1. The van der Waals surface area contributed by atoms with E-state index in [4.69, 9.17) is 0 Å². The lowest BCUT2D eigenvalue weighted by molar-refractivity contribution is 0.767. The molecule has 3 aromatic rings. The van der Waals surface area contributed by atoms with E-state index in [1.165, 1.54) is 0 Å². The molecule has 96 valence electrons. The fraction of sp³-hybridized carbons (Fsp3) is 0.231. The van der Waals surface area contributed by atoms with Gasteiger partial charge in [-0.2, -0.15) is 5.21 Å². The Labute approximate surface area is 109 Å². The van der Waals surface area contributed by atoms with Crippen molar-refractivity contribution in [2.45, 2.75) is 19.9 Å². The van der Waals surface area contributed by atoms with E-state index >= 15 is 0 Å². The van der Waals surface area contributed by atoms with Gasteiger partial charge in [0.2, 0.25) is 0 Å². The molecule has 0 bridgehead atoms. The Hall–Kier alpha value is -2.50. The average molecular weight is 255 g/mol. The first-order valence-corrected chi connectivity index (χ1v) is 6.12. The highest BCUT2D eigenvalue weighted by atomic mass is 16.1. The number of aryl methyl sites for hydroxylation is 1. The van der Waals surface area contributed by atoms with Crippen LogP contribution in [-0.4, -0.2) is 25.2 Å². The SMILES string of the molecule is CCc1ccc2c(c1)c(=O)ccn2Cc1nn[nH]n1. The summed E-state index contributed by atoms with van der Waals surface area (Å²) in [5, 5.41) is 14.5. The van der Waals surface area contributed by atoms with Crippen LogP contribution < -0.4 is 5.43 Å². The zero-order valence-electron chi connectivity index (χ0n) is 10.5. The van der Waals surface area contributed by atoms with Gasteiger partial charge in [-0.1, -0.05) is 18.2 Å². The van der Waals surface area contributed by atoms with E-state index in [-0.39, 0.29) is 5.43 Å². The van der Waals surface area contributed by atoms with Crippen LogP contribution in [0.5, 0.6) is 0 Å². The van der Waals surface area contributed by atoms with Crippen LogP contribution in [0.4, 0.5) is 0 Å². The van der Waals surface area contributed by atoms with Gasteiger partial charge in [-0.25, -0.2) is 0 Å². The zero-order chi connectivity index (χ0) is 13.2. The number of aromatic amines is 1. The number of rotatable bonds is 3. The van der Waals surface area contributed by atoms with Crippen molar-refractivity contribution >= 4 is 10.9 Å². The summed E-state index contributed by atoms with van der Waals surface area (Å²) in [6, 6.07) is 7.52. The number of pyridine rings is 1. The van der Waals surface area contributed by atoms with Crippen LogP contribution in [0.25, 0.3) is 10.9 Å².